The number of nitrogens with one attached hydrogen (secondary N) is 2. The molecule has 0 saturated carbocycles. The molecule has 1 saturated heterocycles. The molecule has 3 rings (SSSR count). The van der Waals surface area contributed by atoms with Crippen molar-refractivity contribution < 1.29 is 18.7 Å². The number of halogens is 1. The second-order valence-corrected chi connectivity index (χ2v) is 5.11. The maximum Gasteiger partial charge on any atom is 0.231 e. The van der Waals surface area contributed by atoms with Gasteiger partial charge in [-0.25, -0.2) is 4.39 Å². The van der Waals surface area contributed by atoms with E-state index in [1.165, 1.54) is 0 Å². The molecule has 1 amide bonds. The number of carbonyl (C=O) groups is 1. The zero-order valence-electron chi connectivity index (χ0n) is 11.0. The van der Waals surface area contributed by atoms with Gasteiger partial charge in [0, 0.05) is 19.1 Å². The summed E-state index contributed by atoms with van der Waals surface area (Å²) in [5.74, 6) is 1.30. The Kier molecular flexibility index (Phi) is 3.73. The monoisotopic (exact) mass is 280 g/mol. The fourth-order valence-electron chi connectivity index (χ4n) is 2.46. The minimum atomic E-state index is -0.800. The number of amides is 1. The first kappa shape index (κ1) is 13.2. The number of fused-ring (bicyclic) bond motifs is 1. The summed E-state index contributed by atoms with van der Waals surface area (Å²) in [6, 6.07) is 5.49. The van der Waals surface area contributed by atoms with E-state index >= 15 is 0 Å². The number of benzene rings is 1. The Labute approximate surface area is 116 Å². The van der Waals surface area contributed by atoms with Crippen molar-refractivity contribution in [3.63, 3.8) is 0 Å². The van der Waals surface area contributed by atoms with Gasteiger partial charge in [-0.15, -0.1) is 0 Å². The van der Waals surface area contributed by atoms with Crippen LogP contribution in [0.2, 0.25) is 0 Å². The maximum atomic E-state index is 13.0. The Morgan fingerprint density at radius 2 is 2.25 bits per heavy atom. The van der Waals surface area contributed by atoms with Gasteiger partial charge >= 0.3 is 0 Å². The first-order valence-corrected chi connectivity index (χ1v) is 6.73. The number of alkyl halides is 1. The molecule has 2 aliphatic rings. The molecule has 2 atom stereocenters. The fourth-order valence-corrected chi connectivity index (χ4v) is 2.46. The first-order chi connectivity index (χ1) is 9.70. The van der Waals surface area contributed by atoms with Crippen LogP contribution in [0.5, 0.6) is 11.5 Å². The molecule has 2 aliphatic heterocycles. The molecule has 0 unspecified atom stereocenters. The zero-order valence-corrected chi connectivity index (χ0v) is 11.0. The lowest BCUT2D eigenvalue weighted by atomic mass is 10.1. The van der Waals surface area contributed by atoms with Gasteiger partial charge in [0.05, 0.1) is 6.42 Å². The molecule has 5 nitrogen and oxygen atoms in total. The fraction of sp³-hybridized carbons (Fsp3) is 0.500. The summed E-state index contributed by atoms with van der Waals surface area (Å²) in [6.45, 7) is 1.06. The third-order valence-electron chi connectivity index (χ3n) is 3.52. The molecule has 1 fully saturated rings. The average molecular weight is 280 g/mol. The lowest BCUT2D eigenvalue weighted by molar-refractivity contribution is -0.120. The molecule has 0 aliphatic carbocycles. The number of hydrogen-bond acceptors (Lipinski definition) is 4. The van der Waals surface area contributed by atoms with Crippen molar-refractivity contribution in [3.8, 4) is 11.5 Å². The van der Waals surface area contributed by atoms with Crippen molar-refractivity contribution in [1.29, 1.82) is 0 Å². The van der Waals surface area contributed by atoms with Crippen molar-refractivity contribution >= 4 is 5.91 Å². The van der Waals surface area contributed by atoms with E-state index in [1.54, 1.807) is 6.07 Å². The van der Waals surface area contributed by atoms with Crippen LogP contribution in [0, 0.1) is 0 Å². The highest BCUT2D eigenvalue weighted by Crippen LogP contribution is 2.32. The van der Waals surface area contributed by atoms with Crippen LogP contribution in [0.3, 0.4) is 0 Å². The van der Waals surface area contributed by atoms with Gasteiger partial charge in [-0.05, 0) is 24.1 Å². The van der Waals surface area contributed by atoms with Gasteiger partial charge in [0.1, 0.15) is 6.17 Å². The highest BCUT2D eigenvalue weighted by atomic mass is 19.1. The Morgan fingerprint density at radius 1 is 1.40 bits per heavy atom. The molecule has 0 radical (unpaired) electrons. The highest BCUT2D eigenvalue weighted by molar-refractivity contribution is 5.78. The van der Waals surface area contributed by atoms with E-state index in [2.05, 4.69) is 10.6 Å². The Hall–Kier alpha value is -1.82. The normalized spacial score (nSPS) is 23.9. The van der Waals surface area contributed by atoms with Gasteiger partial charge in [-0.3, -0.25) is 4.79 Å². The Bertz CT molecular complexity index is 509. The molecule has 0 aromatic heterocycles. The van der Waals surface area contributed by atoms with Crippen molar-refractivity contribution in [2.75, 3.05) is 19.9 Å². The molecule has 0 spiro atoms. The molecule has 2 heterocycles. The summed E-state index contributed by atoms with van der Waals surface area (Å²) in [5, 5.41) is 5.85. The molecule has 108 valence electrons. The predicted octanol–water partition coefficient (Wildman–Crippen LogP) is 0.774. The minimum absolute atomic E-state index is 0.0331. The van der Waals surface area contributed by atoms with Gasteiger partial charge in [0.2, 0.25) is 12.7 Å². The van der Waals surface area contributed by atoms with Crippen LogP contribution in [-0.2, 0) is 11.2 Å². The molecule has 1 aromatic rings. The van der Waals surface area contributed by atoms with Gasteiger partial charge in [0.25, 0.3) is 0 Å². The lowest BCUT2D eigenvalue weighted by Crippen LogP contribution is -2.37. The lowest BCUT2D eigenvalue weighted by Gasteiger charge is -2.11. The van der Waals surface area contributed by atoms with E-state index in [-0.39, 0.29) is 25.2 Å². The second kappa shape index (κ2) is 5.66. The largest absolute Gasteiger partial charge is 0.454 e. The molecule has 2 N–H and O–H groups in total. The SMILES string of the molecule is O=C(Cc1ccc2c(c1)OCO2)NC[C@@H]1C[C@H](F)CN1. The van der Waals surface area contributed by atoms with Crippen molar-refractivity contribution in [2.24, 2.45) is 0 Å². The number of carbonyl (C=O) groups excluding carboxylic acids is 1. The molecule has 0 bridgehead atoms. The smallest absolute Gasteiger partial charge is 0.231 e. The van der Waals surface area contributed by atoms with Crippen LogP contribution in [0.1, 0.15) is 12.0 Å². The van der Waals surface area contributed by atoms with E-state index in [1.807, 2.05) is 12.1 Å². The summed E-state index contributed by atoms with van der Waals surface area (Å²) in [6.07, 6.45) is -0.0574. The van der Waals surface area contributed by atoms with Gasteiger partial charge in [-0.1, -0.05) is 6.07 Å². The summed E-state index contributed by atoms with van der Waals surface area (Å²) >= 11 is 0. The van der Waals surface area contributed by atoms with Crippen molar-refractivity contribution in [2.45, 2.75) is 25.1 Å². The van der Waals surface area contributed by atoms with Crippen LogP contribution >= 0.6 is 0 Å². The summed E-state index contributed by atoms with van der Waals surface area (Å²) in [7, 11) is 0. The van der Waals surface area contributed by atoms with E-state index in [9.17, 15) is 9.18 Å². The van der Waals surface area contributed by atoms with Crippen LogP contribution < -0.4 is 20.1 Å². The Balaban J connectivity index is 1.49. The summed E-state index contributed by atoms with van der Waals surface area (Å²) in [4.78, 5) is 11.8. The quantitative estimate of drug-likeness (QED) is 0.855. The highest BCUT2D eigenvalue weighted by Gasteiger charge is 2.23. The number of hydrogen-bond donors (Lipinski definition) is 2. The van der Waals surface area contributed by atoms with Crippen molar-refractivity contribution in [1.82, 2.24) is 10.6 Å². The number of ether oxygens (including phenoxy) is 2. The first-order valence-electron chi connectivity index (χ1n) is 6.73. The standard InChI is InChI=1S/C14H17FN2O3/c15-10-5-11(16-6-10)7-17-14(18)4-9-1-2-12-13(3-9)20-8-19-12/h1-3,10-11,16H,4-8H2,(H,17,18)/t10-,11-/m0/s1. The van der Waals surface area contributed by atoms with Gasteiger partial charge in [-0.2, -0.15) is 0 Å². The molecule has 1 aromatic carbocycles. The third kappa shape index (κ3) is 3.01. The predicted molar refractivity (Wildman–Crippen MR) is 70.6 cm³/mol. The van der Waals surface area contributed by atoms with Gasteiger partial charge in [0.15, 0.2) is 11.5 Å². The molecular weight excluding hydrogens is 263 g/mol. The summed E-state index contributed by atoms with van der Waals surface area (Å²) in [5.41, 5.74) is 0.870. The Morgan fingerprint density at radius 3 is 3.05 bits per heavy atom. The third-order valence-corrected chi connectivity index (χ3v) is 3.52. The summed E-state index contributed by atoms with van der Waals surface area (Å²) < 4.78 is 23.5. The van der Waals surface area contributed by atoms with Gasteiger partial charge < -0.3 is 20.1 Å². The van der Waals surface area contributed by atoms with Crippen LogP contribution in [0.15, 0.2) is 18.2 Å². The maximum absolute atomic E-state index is 13.0. The van der Waals surface area contributed by atoms with E-state index in [0.717, 1.165) is 5.56 Å². The van der Waals surface area contributed by atoms with E-state index < -0.39 is 6.17 Å². The topological polar surface area (TPSA) is 59.6 Å². The molecular formula is C14H17FN2O3. The van der Waals surface area contributed by atoms with E-state index in [0.29, 0.717) is 31.0 Å². The number of rotatable bonds is 4. The zero-order chi connectivity index (χ0) is 13.9. The average Bonchev–Trinajstić information content (AvgIpc) is 3.04. The van der Waals surface area contributed by atoms with Crippen molar-refractivity contribution in [3.05, 3.63) is 23.8 Å². The molecule has 20 heavy (non-hydrogen) atoms. The second-order valence-electron chi connectivity index (χ2n) is 5.11. The van der Waals surface area contributed by atoms with Crippen LogP contribution in [0.4, 0.5) is 4.39 Å². The van der Waals surface area contributed by atoms with Crippen LogP contribution in [0.25, 0.3) is 0 Å². The minimum Gasteiger partial charge on any atom is -0.454 e. The van der Waals surface area contributed by atoms with Crippen LogP contribution in [-0.4, -0.2) is 38.0 Å². The van der Waals surface area contributed by atoms with E-state index in [4.69, 9.17) is 9.47 Å². The molecule has 6 heteroatoms.